The molecule has 0 fully saturated rings. The molecule has 2 N–H and O–H groups in total. The van der Waals surface area contributed by atoms with E-state index in [2.05, 4.69) is 5.32 Å². The van der Waals surface area contributed by atoms with E-state index in [0.29, 0.717) is 11.3 Å². The maximum Gasteiger partial charge on any atom is 0.336 e. The Bertz CT molecular complexity index is 763. The smallest absolute Gasteiger partial charge is 0.336 e. The molecule has 1 aromatic heterocycles. The molecule has 0 bridgehead atoms. The van der Waals surface area contributed by atoms with Crippen molar-refractivity contribution >= 4 is 26.8 Å². The molecule has 0 aliphatic rings. The number of hydrogen-bond acceptors (Lipinski definition) is 5. The van der Waals surface area contributed by atoms with Crippen molar-refractivity contribution in [3.05, 3.63) is 40.2 Å². The quantitative estimate of drug-likeness (QED) is 0.650. The largest absolute Gasteiger partial charge is 0.423 e. The predicted molar refractivity (Wildman–Crippen MR) is 72.1 cm³/mol. The molecular weight excluding hydrogens is 270 g/mol. The minimum atomic E-state index is -3.99. The summed E-state index contributed by atoms with van der Waals surface area (Å²) in [5, 5.41) is 3.65. The number of anilines is 1. The van der Waals surface area contributed by atoms with Crippen LogP contribution < -0.4 is 10.9 Å². The number of hydrogen-bond donors (Lipinski definition) is 2. The van der Waals surface area contributed by atoms with Crippen LogP contribution in [0.25, 0.3) is 11.0 Å². The summed E-state index contributed by atoms with van der Waals surface area (Å²) >= 11 is 0. The van der Waals surface area contributed by atoms with E-state index in [4.69, 9.17) is 8.97 Å². The number of fused-ring (bicyclic) bond motifs is 1. The molecule has 2 aromatic rings. The van der Waals surface area contributed by atoms with Gasteiger partial charge in [0.05, 0.1) is 5.75 Å². The second-order valence-corrected chi connectivity index (χ2v) is 5.74. The molecule has 0 saturated carbocycles. The Morgan fingerprint density at radius 3 is 2.74 bits per heavy atom. The zero-order chi connectivity index (χ0) is 14.0. The Kier molecular flexibility index (Phi) is 3.59. The van der Waals surface area contributed by atoms with Crippen LogP contribution in [0.2, 0.25) is 0 Å². The number of rotatable bonds is 4. The fraction of sp³-hybridized carbons (Fsp3) is 0.250. The summed E-state index contributed by atoms with van der Waals surface area (Å²) in [6, 6.07) is 6.56. The molecule has 2 rings (SSSR count). The van der Waals surface area contributed by atoms with Crippen molar-refractivity contribution < 1.29 is 17.4 Å². The molecule has 0 saturated heterocycles. The molecule has 0 radical (unpaired) electrons. The SMILES string of the molecule is Cc1cc(=O)oc2cc(NCCS(=O)(=O)O)ccc12. The van der Waals surface area contributed by atoms with Crippen LogP contribution >= 0.6 is 0 Å². The molecule has 7 heteroatoms. The van der Waals surface area contributed by atoms with Gasteiger partial charge in [0.1, 0.15) is 5.58 Å². The third-order valence-corrected chi connectivity index (χ3v) is 3.36. The second-order valence-electron chi connectivity index (χ2n) is 4.17. The summed E-state index contributed by atoms with van der Waals surface area (Å²) in [5.41, 5.74) is 1.43. The molecular formula is C12H13NO5S. The summed E-state index contributed by atoms with van der Waals surface area (Å²) in [7, 11) is -3.99. The van der Waals surface area contributed by atoms with Crippen molar-refractivity contribution in [2.45, 2.75) is 6.92 Å². The molecule has 0 unspecified atom stereocenters. The normalized spacial score (nSPS) is 11.7. The van der Waals surface area contributed by atoms with Gasteiger partial charge in [-0.2, -0.15) is 8.42 Å². The van der Waals surface area contributed by atoms with E-state index in [9.17, 15) is 13.2 Å². The average Bonchev–Trinajstić information content (AvgIpc) is 2.26. The van der Waals surface area contributed by atoms with Gasteiger partial charge in [0.2, 0.25) is 0 Å². The van der Waals surface area contributed by atoms with Crippen molar-refractivity contribution in [2.75, 3.05) is 17.6 Å². The Hall–Kier alpha value is -1.86. The lowest BCUT2D eigenvalue weighted by molar-refractivity contribution is 0.484. The summed E-state index contributed by atoms with van der Waals surface area (Å²) in [6.45, 7) is 1.88. The average molecular weight is 283 g/mol. The summed E-state index contributed by atoms with van der Waals surface area (Å²) in [6.07, 6.45) is 0. The maximum absolute atomic E-state index is 11.3. The van der Waals surface area contributed by atoms with Gasteiger partial charge in [-0.3, -0.25) is 4.55 Å². The lowest BCUT2D eigenvalue weighted by Gasteiger charge is -2.06. The van der Waals surface area contributed by atoms with Gasteiger partial charge < -0.3 is 9.73 Å². The molecule has 0 aliphatic heterocycles. The summed E-state index contributed by atoms with van der Waals surface area (Å²) in [4.78, 5) is 11.3. The van der Waals surface area contributed by atoms with Crippen LogP contribution in [0.5, 0.6) is 0 Å². The van der Waals surface area contributed by atoms with Crippen molar-refractivity contribution in [3.63, 3.8) is 0 Å². The molecule has 0 spiro atoms. The zero-order valence-corrected chi connectivity index (χ0v) is 11.0. The number of nitrogens with one attached hydrogen (secondary N) is 1. The highest BCUT2D eigenvalue weighted by atomic mass is 32.2. The third-order valence-electron chi connectivity index (χ3n) is 2.64. The van der Waals surface area contributed by atoms with Gasteiger partial charge in [0, 0.05) is 29.8 Å². The minimum Gasteiger partial charge on any atom is -0.423 e. The Morgan fingerprint density at radius 2 is 2.05 bits per heavy atom. The van der Waals surface area contributed by atoms with E-state index in [1.54, 1.807) is 18.2 Å². The lowest BCUT2D eigenvalue weighted by atomic mass is 10.1. The van der Waals surface area contributed by atoms with Crippen LogP contribution in [0.15, 0.2) is 33.5 Å². The van der Waals surface area contributed by atoms with Crippen LogP contribution in [0, 0.1) is 6.92 Å². The number of benzene rings is 1. The monoisotopic (exact) mass is 283 g/mol. The van der Waals surface area contributed by atoms with Gasteiger partial charge in [0.15, 0.2) is 0 Å². The second kappa shape index (κ2) is 5.02. The third kappa shape index (κ3) is 3.55. The van der Waals surface area contributed by atoms with E-state index >= 15 is 0 Å². The molecule has 1 aromatic carbocycles. The van der Waals surface area contributed by atoms with Crippen molar-refractivity contribution in [3.8, 4) is 0 Å². The van der Waals surface area contributed by atoms with Crippen molar-refractivity contribution in [1.29, 1.82) is 0 Å². The molecule has 0 atom stereocenters. The molecule has 6 nitrogen and oxygen atoms in total. The Morgan fingerprint density at radius 1 is 1.32 bits per heavy atom. The minimum absolute atomic E-state index is 0.0698. The first-order valence-corrected chi connectivity index (χ1v) is 7.20. The number of aryl methyl sites for hydroxylation is 1. The van der Waals surface area contributed by atoms with Gasteiger partial charge in [-0.05, 0) is 24.6 Å². The van der Waals surface area contributed by atoms with Crippen LogP contribution in [0.1, 0.15) is 5.56 Å². The highest BCUT2D eigenvalue weighted by molar-refractivity contribution is 7.85. The summed E-state index contributed by atoms with van der Waals surface area (Å²) < 4.78 is 34.8. The van der Waals surface area contributed by atoms with E-state index < -0.39 is 15.7 Å². The predicted octanol–water partition coefficient (Wildman–Crippen LogP) is 1.40. The standard InChI is InChI=1S/C12H13NO5S/c1-8-6-12(14)18-11-7-9(2-3-10(8)11)13-4-5-19(15,16)17/h2-3,6-7,13H,4-5H2,1H3,(H,15,16,17). The van der Waals surface area contributed by atoms with E-state index in [1.165, 1.54) is 6.07 Å². The van der Waals surface area contributed by atoms with Crippen LogP contribution in [-0.4, -0.2) is 25.3 Å². The first kappa shape index (κ1) is 13.6. The van der Waals surface area contributed by atoms with Gasteiger partial charge in [-0.15, -0.1) is 0 Å². The van der Waals surface area contributed by atoms with Crippen molar-refractivity contribution in [1.82, 2.24) is 0 Å². The highest BCUT2D eigenvalue weighted by Crippen LogP contribution is 2.20. The van der Waals surface area contributed by atoms with Crippen LogP contribution in [0.3, 0.4) is 0 Å². The molecule has 19 heavy (non-hydrogen) atoms. The summed E-state index contributed by atoms with van der Waals surface area (Å²) in [5.74, 6) is -0.386. The van der Waals surface area contributed by atoms with Gasteiger partial charge in [0.25, 0.3) is 10.1 Å². The van der Waals surface area contributed by atoms with Gasteiger partial charge >= 0.3 is 5.63 Å². The topological polar surface area (TPSA) is 96.6 Å². The molecule has 102 valence electrons. The fourth-order valence-electron chi connectivity index (χ4n) is 1.76. The van der Waals surface area contributed by atoms with Gasteiger partial charge in [-0.25, -0.2) is 4.79 Å². The van der Waals surface area contributed by atoms with E-state index in [-0.39, 0.29) is 12.3 Å². The zero-order valence-electron chi connectivity index (χ0n) is 10.2. The first-order valence-electron chi connectivity index (χ1n) is 5.59. The molecule has 0 aliphatic carbocycles. The molecule has 0 amide bonds. The van der Waals surface area contributed by atoms with Gasteiger partial charge in [-0.1, -0.05) is 0 Å². The van der Waals surface area contributed by atoms with Crippen LogP contribution in [-0.2, 0) is 10.1 Å². The Balaban J connectivity index is 2.24. The first-order chi connectivity index (χ1) is 8.85. The van der Waals surface area contributed by atoms with E-state index in [1.807, 2.05) is 6.92 Å². The van der Waals surface area contributed by atoms with Crippen molar-refractivity contribution in [2.24, 2.45) is 0 Å². The Labute approximate surface area is 109 Å². The van der Waals surface area contributed by atoms with Crippen LogP contribution in [0.4, 0.5) is 5.69 Å². The molecule has 1 heterocycles. The highest BCUT2D eigenvalue weighted by Gasteiger charge is 2.05. The van der Waals surface area contributed by atoms with E-state index in [0.717, 1.165) is 10.9 Å². The fourth-order valence-corrected chi connectivity index (χ4v) is 2.12. The maximum atomic E-state index is 11.3. The lowest BCUT2D eigenvalue weighted by Crippen LogP contribution is -2.14.